The quantitative estimate of drug-likeness (QED) is 0.910. The summed E-state index contributed by atoms with van der Waals surface area (Å²) in [7, 11) is 2.06. The van der Waals surface area contributed by atoms with Crippen molar-refractivity contribution >= 4 is 11.6 Å². The molecule has 1 N–H and O–H groups in total. The van der Waals surface area contributed by atoms with Crippen molar-refractivity contribution in [1.82, 2.24) is 15.1 Å². The lowest BCUT2D eigenvalue weighted by molar-refractivity contribution is 0.314. The minimum atomic E-state index is 0.358. The van der Waals surface area contributed by atoms with Crippen LogP contribution in [0.4, 0.5) is 0 Å². The zero-order valence-corrected chi connectivity index (χ0v) is 12.6. The molecule has 0 spiro atoms. The van der Waals surface area contributed by atoms with Gasteiger partial charge in [0.1, 0.15) is 0 Å². The lowest BCUT2D eigenvalue weighted by atomic mass is 9.83. The zero-order valence-electron chi connectivity index (χ0n) is 11.9. The highest BCUT2D eigenvalue weighted by Crippen LogP contribution is 2.41. The minimum absolute atomic E-state index is 0.358. The molecule has 2 unspecified atom stereocenters. The van der Waals surface area contributed by atoms with Gasteiger partial charge in [-0.25, -0.2) is 0 Å². The molecule has 3 nitrogen and oxygen atoms in total. The van der Waals surface area contributed by atoms with Crippen molar-refractivity contribution in [2.24, 2.45) is 5.41 Å². The second kappa shape index (κ2) is 5.22. The number of nitrogens with zero attached hydrogens (tertiary/aromatic N) is 2. The maximum absolute atomic E-state index is 6.40. The van der Waals surface area contributed by atoms with E-state index in [1.54, 1.807) is 0 Å². The zero-order chi connectivity index (χ0) is 13.3. The van der Waals surface area contributed by atoms with Gasteiger partial charge in [0, 0.05) is 12.6 Å². The third kappa shape index (κ3) is 2.57. The van der Waals surface area contributed by atoms with E-state index in [1.807, 2.05) is 6.92 Å². The number of halogens is 1. The summed E-state index contributed by atoms with van der Waals surface area (Å²) in [5.41, 5.74) is 2.53. The van der Waals surface area contributed by atoms with Crippen molar-refractivity contribution in [3.8, 4) is 0 Å². The summed E-state index contributed by atoms with van der Waals surface area (Å²) in [6, 6.07) is 0.660. The Morgan fingerprint density at radius 3 is 2.83 bits per heavy atom. The van der Waals surface area contributed by atoms with Crippen LogP contribution in [-0.4, -0.2) is 22.9 Å². The molecule has 1 aliphatic carbocycles. The van der Waals surface area contributed by atoms with Crippen LogP contribution >= 0.6 is 11.6 Å². The average molecular weight is 270 g/mol. The first kappa shape index (κ1) is 13.9. The molecule has 1 aliphatic rings. The third-order valence-electron chi connectivity index (χ3n) is 4.29. The number of aromatic nitrogens is 2. The molecule has 2 rings (SSSR count). The summed E-state index contributed by atoms with van der Waals surface area (Å²) in [6.45, 7) is 7.39. The van der Waals surface area contributed by atoms with Crippen LogP contribution in [0.5, 0.6) is 0 Å². The van der Waals surface area contributed by atoms with E-state index in [-0.39, 0.29) is 0 Å². The van der Waals surface area contributed by atoms with Gasteiger partial charge in [0.05, 0.1) is 16.4 Å². The first-order chi connectivity index (χ1) is 8.49. The van der Waals surface area contributed by atoms with E-state index in [0.717, 1.165) is 23.7 Å². The molecule has 1 heterocycles. The number of aryl methyl sites for hydroxylation is 2. The molecule has 0 saturated heterocycles. The number of hydrogen-bond donors (Lipinski definition) is 1. The fourth-order valence-corrected chi connectivity index (χ4v) is 3.37. The maximum Gasteiger partial charge on any atom is 0.0847 e. The molecule has 102 valence electrons. The summed E-state index contributed by atoms with van der Waals surface area (Å²) < 4.78 is 2.07. The van der Waals surface area contributed by atoms with Gasteiger partial charge in [-0.05, 0) is 52.0 Å². The van der Waals surface area contributed by atoms with E-state index in [2.05, 4.69) is 36.0 Å². The Morgan fingerprint density at radius 2 is 2.28 bits per heavy atom. The highest BCUT2D eigenvalue weighted by Gasteiger charge is 2.36. The molecule has 1 aromatic heterocycles. The standard InChI is InChI=1S/C14H24ClN3/c1-5-18-12(13(15)10(2)17-18)9-14(3)7-6-11(8-14)16-4/h11,16H,5-9H2,1-4H3. The highest BCUT2D eigenvalue weighted by molar-refractivity contribution is 6.31. The monoisotopic (exact) mass is 269 g/mol. The molecular formula is C14H24ClN3. The van der Waals surface area contributed by atoms with Crippen molar-refractivity contribution < 1.29 is 0 Å². The topological polar surface area (TPSA) is 29.9 Å². The maximum atomic E-state index is 6.40. The summed E-state index contributed by atoms with van der Waals surface area (Å²) in [6.07, 6.45) is 4.80. The predicted octanol–water partition coefficient (Wildman–Crippen LogP) is 3.19. The van der Waals surface area contributed by atoms with Crippen molar-refractivity contribution in [2.75, 3.05) is 7.05 Å². The predicted molar refractivity (Wildman–Crippen MR) is 76.2 cm³/mol. The lowest BCUT2D eigenvalue weighted by Gasteiger charge is -2.24. The molecular weight excluding hydrogens is 246 g/mol. The van der Waals surface area contributed by atoms with E-state index < -0.39 is 0 Å². The van der Waals surface area contributed by atoms with E-state index in [1.165, 1.54) is 25.0 Å². The minimum Gasteiger partial charge on any atom is -0.317 e. The van der Waals surface area contributed by atoms with E-state index in [9.17, 15) is 0 Å². The molecule has 1 aromatic rings. The molecule has 18 heavy (non-hydrogen) atoms. The van der Waals surface area contributed by atoms with Crippen molar-refractivity contribution in [3.63, 3.8) is 0 Å². The number of hydrogen-bond acceptors (Lipinski definition) is 2. The Labute approximate surface area is 115 Å². The summed E-state index contributed by atoms with van der Waals surface area (Å²) in [4.78, 5) is 0. The van der Waals surface area contributed by atoms with Crippen LogP contribution < -0.4 is 5.32 Å². The van der Waals surface area contributed by atoms with Gasteiger partial charge in [-0.1, -0.05) is 18.5 Å². The van der Waals surface area contributed by atoms with Gasteiger partial charge >= 0.3 is 0 Å². The first-order valence-electron chi connectivity index (χ1n) is 6.88. The summed E-state index contributed by atoms with van der Waals surface area (Å²) in [5.74, 6) is 0. The Balaban J connectivity index is 2.19. The highest BCUT2D eigenvalue weighted by atomic mass is 35.5. The number of rotatable bonds is 4. The molecule has 0 aromatic carbocycles. The number of nitrogens with one attached hydrogen (secondary N) is 1. The molecule has 0 bridgehead atoms. The van der Waals surface area contributed by atoms with E-state index in [4.69, 9.17) is 11.6 Å². The van der Waals surface area contributed by atoms with Crippen LogP contribution in [-0.2, 0) is 13.0 Å². The van der Waals surface area contributed by atoms with Gasteiger partial charge in [-0.2, -0.15) is 5.10 Å². The second-order valence-corrected chi connectivity index (χ2v) is 6.26. The van der Waals surface area contributed by atoms with Crippen LogP contribution in [0, 0.1) is 12.3 Å². The van der Waals surface area contributed by atoms with Crippen molar-refractivity contribution in [2.45, 2.75) is 59.0 Å². The Kier molecular flexibility index (Phi) is 4.02. The van der Waals surface area contributed by atoms with Gasteiger partial charge in [0.15, 0.2) is 0 Å². The summed E-state index contributed by atoms with van der Waals surface area (Å²) in [5, 5.41) is 8.77. The Hall–Kier alpha value is -0.540. The second-order valence-electron chi connectivity index (χ2n) is 5.88. The molecule has 0 amide bonds. The van der Waals surface area contributed by atoms with Crippen LogP contribution in [0.3, 0.4) is 0 Å². The van der Waals surface area contributed by atoms with Crippen molar-refractivity contribution in [1.29, 1.82) is 0 Å². The lowest BCUT2D eigenvalue weighted by Crippen LogP contribution is -2.25. The Bertz CT molecular complexity index is 427. The SMILES string of the molecule is CCn1nc(C)c(Cl)c1CC1(C)CCC(NC)C1. The first-order valence-corrected chi connectivity index (χ1v) is 7.26. The van der Waals surface area contributed by atoms with Crippen molar-refractivity contribution in [3.05, 3.63) is 16.4 Å². The molecule has 2 atom stereocenters. The van der Waals surface area contributed by atoms with Crippen LogP contribution in [0.15, 0.2) is 0 Å². The van der Waals surface area contributed by atoms with E-state index >= 15 is 0 Å². The average Bonchev–Trinajstić information content (AvgIpc) is 2.85. The smallest absolute Gasteiger partial charge is 0.0847 e. The van der Waals surface area contributed by atoms with E-state index in [0.29, 0.717) is 11.5 Å². The molecule has 4 heteroatoms. The third-order valence-corrected chi connectivity index (χ3v) is 4.78. The van der Waals surface area contributed by atoms with Crippen LogP contribution in [0.1, 0.15) is 44.5 Å². The fourth-order valence-electron chi connectivity index (χ4n) is 3.17. The largest absolute Gasteiger partial charge is 0.317 e. The van der Waals surface area contributed by atoms with Gasteiger partial charge in [-0.3, -0.25) is 4.68 Å². The normalized spacial score (nSPS) is 27.9. The fraction of sp³-hybridized carbons (Fsp3) is 0.786. The van der Waals surface area contributed by atoms with Crippen LogP contribution in [0.2, 0.25) is 5.02 Å². The summed E-state index contributed by atoms with van der Waals surface area (Å²) >= 11 is 6.40. The van der Waals surface area contributed by atoms with Crippen LogP contribution in [0.25, 0.3) is 0 Å². The molecule has 1 saturated carbocycles. The van der Waals surface area contributed by atoms with Gasteiger partial charge in [0.2, 0.25) is 0 Å². The van der Waals surface area contributed by atoms with Gasteiger partial charge < -0.3 is 5.32 Å². The van der Waals surface area contributed by atoms with Gasteiger partial charge in [0.25, 0.3) is 0 Å². The Morgan fingerprint density at radius 1 is 1.56 bits per heavy atom. The molecule has 0 radical (unpaired) electrons. The molecule has 1 fully saturated rings. The molecule has 0 aliphatic heterocycles. The van der Waals surface area contributed by atoms with Gasteiger partial charge in [-0.15, -0.1) is 0 Å².